The predicted molar refractivity (Wildman–Crippen MR) is 117 cm³/mol. The molecule has 5 rings (SSSR count). The van der Waals surface area contributed by atoms with Crippen molar-refractivity contribution in [2.24, 2.45) is 0 Å². The molecule has 7 heteroatoms. The summed E-state index contributed by atoms with van der Waals surface area (Å²) in [5, 5.41) is 5.70. The summed E-state index contributed by atoms with van der Waals surface area (Å²) in [6.45, 7) is 0. The predicted octanol–water partition coefficient (Wildman–Crippen LogP) is 6.44. The van der Waals surface area contributed by atoms with E-state index in [1.807, 2.05) is 18.2 Å². The van der Waals surface area contributed by atoms with E-state index >= 15 is 0 Å². The summed E-state index contributed by atoms with van der Waals surface area (Å²) in [5.74, 6) is -2.80. The number of anilines is 2. The fourth-order valence-corrected chi connectivity index (χ4v) is 4.11. The van der Waals surface area contributed by atoms with Gasteiger partial charge in [0, 0.05) is 0 Å². The molecule has 1 heterocycles. The Morgan fingerprint density at radius 2 is 1.03 bits per heavy atom. The van der Waals surface area contributed by atoms with E-state index < -0.39 is 23.3 Å². The molecular formula is C25H19F4N3. The minimum Gasteiger partial charge on any atom is -0.349 e. The number of nitrogens with one attached hydrogen (secondary N) is 2. The molecule has 162 valence electrons. The first kappa shape index (κ1) is 20.3. The molecule has 0 fully saturated rings. The molecule has 0 unspecified atom stereocenters. The Kier molecular flexibility index (Phi) is 5.17. The normalized spacial score (nSPS) is 14.8. The Labute approximate surface area is 182 Å². The summed E-state index contributed by atoms with van der Waals surface area (Å²) in [7, 11) is 0. The van der Waals surface area contributed by atoms with Crippen molar-refractivity contribution in [3.8, 4) is 0 Å². The van der Waals surface area contributed by atoms with E-state index in [2.05, 4.69) is 10.6 Å². The van der Waals surface area contributed by atoms with Crippen LogP contribution in [0.2, 0.25) is 0 Å². The molecule has 0 saturated carbocycles. The lowest BCUT2D eigenvalue weighted by molar-refractivity contribution is 0.590. The smallest absolute Gasteiger partial charge is 0.149 e. The molecule has 1 aromatic heterocycles. The van der Waals surface area contributed by atoms with E-state index in [0.717, 1.165) is 24.0 Å². The number of benzene rings is 2. The largest absolute Gasteiger partial charge is 0.349 e. The van der Waals surface area contributed by atoms with Crippen LogP contribution in [-0.4, -0.2) is 4.98 Å². The van der Waals surface area contributed by atoms with Crippen molar-refractivity contribution >= 4 is 22.8 Å². The zero-order chi connectivity index (χ0) is 22.2. The number of hydrogen-bond donors (Lipinski definition) is 2. The van der Waals surface area contributed by atoms with Crippen molar-refractivity contribution in [2.45, 2.75) is 25.7 Å². The molecule has 3 aromatic rings. The lowest BCUT2D eigenvalue weighted by Gasteiger charge is -2.25. The lowest BCUT2D eigenvalue weighted by Crippen LogP contribution is -2.17. The monoisotopic (exact) mass is 437 g/mol. The van der Waals surface area contributed by atoms with Crippen LogP contribution < -0.4 is 10.6 Å². The van der Waals surface area contributed by atoms with Gasteiger partial charge in [0.05, 0.1) is 22.8 Å². The van der Waals surface area contributed by atoms with Gasteiger partial charge in [-0.05, 0) is 61.1 Å². The number of para-hydroxylation sites is 2. The first-order valence-corrected chi connectivity index (χ1v) is 10.4. The number of allylic oxidation sites excluding steroid dienone is 2. The van der Waals surface area contributed by atoms with Crippen molar-refractivity contribution in [3.05, 3.63) is 100 Å². The van der Waals surface area contributed by atoms with Gasteiger partial charge in [0.2, 0.25) is 0 Å². The highest BCUT2D eigenvalue weighted by atomic mass is 19.1. The molecule has 0 amide bonds. The van der Waals surface area contributed by atoms with Crippen molar-refractivity contribution < 1.29 is 17.6 Å². The van der Waals surface area contributed by atoms with Crippen molar-refractivity contribution in [1.29, 1.82) is 0 Å². The summed E-state index contributed by atoms with van der Waals surface area (Å²) in [6, 6.07) is 9.37. The van der Waals surface area contributed by atoms with E-state index in [1.165, 1.54) is 36.4 Å². The number of aromatic nitrogens is 1. The maximum atomic E-state index is 14.2. The number of hydrogen-bond acceptors (Lipinski definition) is 3. The average molecular weight is 437 g/mol. The van der Waals surface area contributed by atoms with Gasteiger partial charge in [-0.1, -0.05) is 30.4 Å². The highest BCUT2D eigenvalue weighted by Gasteiger charge is 2.24. The van der Waals surface area contributed by atoms with Gasteiger partial charge in [0.25, 0.3) is 0 Å². The van der Waals surface area contributed by atoms with E-state index in [0.29, 0.717) is 35.6 Å². The number of rotatable bonds is 4. The standard InChI is InChI=1S/C25H19F4N3/c26-16-7-3-8-17(27)24(16)30-20-11-1-5-14-13-15-6-2-12-21(23(15)32-22(14)20)31-25-18(28)9-4-10-19(25)29/h3-4,7-13,30-31H,1-2,5-6H2. The second-order valence-electron chi connectivity index (χ2n) is 7.76. The quantitative estimate of drug-likeness (QED) is 0.462. The third-order valence-corrected chi connectivity index (χ3v) is 5.66. The maximum Gasteiger partial charge on any atom is 0.149 e. The molecule has 2 N–H and O–H groups in total. The van der Waals surface area contributed by atoms with Crippen molar-refractivity contribution in [2.75, 3.05) is 10.6 Å². The topological polar surface area (TPSA) is 37.0 Å². The van der Waals surface area contributed by atoms with Crippen LogP contribution in [0.3, 0.4) is 0 Å². The number of halogens is 4. The molecule has 0 aliphatic heterocycles. The van der Waals surface area contributed by atoms with E-state index in [9.17, 15) is 17.6 Å². The van der Waals surface area contributed by atoms with Crippen LogP contribution in [0.4, 0.5) is 28.9 Å². The van der Waals surface area contributed by atoms with Gasteiger partial charge < -0.3 is 10.6 Å². The summed E-state index contributed by atoms with van der Waals surface area (Å²) < 4.78 is 56.8. The van der Waals surface area contributed by atoms with Crippen molar-refractivity contribution in [1.82, 2.24) is 4.98 Å². The zero-order valence-electron chi connectivity index (χ0n) is 17.0. The lowest BCUT2D eigenvalue weighted by atomic mass is 9.92. The van der Waals surface area contributed by atoms with Crippen molar-refractivity contribution in [3.63, 3.8) is 0 Å². The molecule has 32 heavy (non-hydrogen) atoms. The summed E-state index contributed by atoms with van der Waals surface area (Å²) in [4.78, 5) is 4.78. The van der Waals surface area contributed by atoms with Gasteiger partial charge in [-0.25, -0.2) is 22.5 Å². The molecular weight excluding hydrogens is 418 g/mol. The van der Waals surface area contributed by atoms with Crippen LogP contribution in [0.1, 0.15) is 35.4 Å². The molecule has 0 radical (unpaired) electrons. The van der Waals surface area contributed by atoms with Gasteiger partial charge in [-0.15, -0.1) is 0 Å². The van der Waals surface area contributed by atoms with E-state index in [1.54, 1.807) is 0 Å². The fraction of sp³-hybridized carbons (Fsp3) is 0.160. The second kappa shape index (κ2) is 8.15. The first-order chi connectivity index (χ1) is 15.5. The third-order valence-electron chi connectivity index (χ3n) is 5.66. The Bertz CT molecular complexity index is 1150. The number of nitrogens with zero attached hydrogens (tertiary/aromatic N) is 1. The molecule has 3 nitrogen and oxygen atoms in total. The van der Waals surface area contributed by atoms with Gasteiger partial charge in [-0.2, -0.15) is 0 Å². The number of aryl methyl sites for hydroxylation is 2. The molecule has 0 saturated heterocycles. The minimum atomic E-state index is -0.701. The molecule has 2 aliphatic carbocycles. The number of pyridine rings is 1. The van der Waals surface area contributed by atoms with Gasteiger partial charge in [-0.3, -0.25) is 0 Å². The highest BCUT2D eigenvalue weighted by molar-refractivity contribution is 5.82. The highest BCUT2D eigenvalue weighted by Crippen LogP contribution is 2.34. The Morgan fingerprint density at radius 3 is 1.44 bits per heavy atom. The van der Waals surface area contributed by atoms with Crippen LogP contribution in [0, 0.1) is 23.3 Å². The summed E-state index contributed by atoms with van der Waals surface area (Å²) >= 11 is 0. The minimum absolute atomic E-state index is 0.242. The van der Waals surface area contributed by atoms with Crippen LogP contribution in [-0.2, 0) is 12.8 Å². The number of fused-ring (bicyclic) bond motifs is 2. The summed E-state index contributed by atoms with van der Waals surface area (Å²) in [5.41, 5.74) is 3.58. The van der Waals surface area contributed by atoms with Gasteiger partial charge in [0.1, 0.15) is 34.6 Å². The summed E-state index contributed by atoms with van der Waals surface area (Å²) in [6.07, 6.45) is 6.60. The Hall–Kier alpha value is -3.61. The SMILES string of the molecule is Fc1cccc(F)c1NC1=CCCc2cc3c(nc21)C(Nc1c(F)cccc1F)=CCC3. The molecule has 0 bridgehead atoms. The second-order valence-corrected chi connectivity index (χ2v) is 7.76. The van der Waals surface area contributed by atoms with Crippen LogP contribution >= 0.6 is 0 Å². The molecule has 0 atom stereocenters. The van der Waals surface area contributed by atoms with Crippen LogP contribution in [0.15, 0.2) is 54.6 Å². The first-order valence-electron chi connectivity index (χ1n) is 10.4. The molecule has 2 aromatic carbocycles. The zero-order valence-corrected chi connectivity index (χ0v) is 17.0. The van der Waals surface area contributed by atoms with Crippen LogP contribution in [0.5, 0.6) is 0 Å². The van der Waals surface area contributed by atoms with E-state index in [-0.39, 0.29) is 11.4 Å². The Balaban J connectivity index is 1.53. The molecule has 2 aliphatic rings. The Morgan fingerprint density at radius 1 is 0.625 bits per heavy atom. The van der Waals surface area contributed by atoms with Gasteiger partial charge in [0.15, 0.2) is 0 Å². The third kappa shape index (κ3) is 3.64. The van der Waals surface area contributed by atoms with Gasteiger partial charge >= 0.3 is 0 Å². The van der Waals surface area contributed by atoms with E-state index in [4.69, 9.17) is 4.98 Å². The fourth-order valence-electron chi connectivity index (χ4n) is 4.11. The average Bonchev–Trinajstić information content (AvgIpc) is 2.78. The maximum absolute atomic E-state index is 14.2. The van der Waals surface area contributed by atoms with Crippen LogP contribution in [0.25, 0.3) is 11.4 Å². The molecule has 0 spiro atoms.